The number of amides is 2. The summed E-state index contributed by atoms with van der Waals surface area (Å²) in [6.45, 7) is 2.29. The zero-order valence-electron chi connectivity index (χ0n) is 13.2. The number of nitrogens with zero attached hydrogens (tertiary/aromatic N) is 1. The van der Waals surface area contributed by atoms with E-state index in [4.69, 9.17) is 9.47 Å². The molecule has 0 saturated carbocycles. The Kier molecular flexibility index (Phi) is 5.56. The molecule has 1 aliphatic heterocycles. The lowest BCUT2D eigenvalue weighted by atomic mass is 9.91. The number of carbonyl (C=O) groups excluding carboxylic acids is 3. The zero-order valence-corrected chi connectivity index (χ0v) is 13.2. The van der Waals surface area contributed by atoms with E-state index in [0.29, 0.717) is 5.69 Å². The highest BCUT2D eigenvalue weighted by Gasteiger charge is 2.31. The molecule has 0 spiro atoms. The lowest BCUT2D eigenvalue weighted by Crippen LogP contribution is -2.33. The number of hydrogen-bond acceptors (Lipinski definition) is 5. The molecule has 0 aromatic heterocycles. The van der Waals surface area contributed by atoms with Gasteiger partial charge in [-0.2, -0.15) is 0 Å². The van der Waals surface area contributed by atoms with Gasteiger partial charge in [-0.25, -0.2) is 4.79 Å². The third-order valence-corrected chi connectivity index (χ3v) is 3.53. The summed E-state index contributed by atoms with van der Waals surface area (Å²) in [7, 11) is 1.56. The average molecular weight is 320 g/mol. The van der Waals surface area contributed by atoms with Crippen LogP contribution in [-0.4, -0.2) is 49.7 Å². The van der Waals surface area contributed by atoms with Crippen molar-refractivity contribution >= 4 is 23.7 Å². The molecule has 23 heavy (non-hydrogen) atoms. The Hall–Kier alpha value is -2.57. The number of rotatable bonds is 5. The van der Waals surface area contributed by atoms with Gasteiger partial charge in [0.1, 0.15) is 6.61 Å². The number of anilines is 1. The molecule has 7 heteroatoms. The first-order chi connectivity index (χ1) is 11.0. The molecule has 1 aromatic carbocycles. The number of hydrogen-bond donors (Lipinski definition) is 1. The van der Waals surface area contributed by atoms with E-state index in [1.807, 2.05) is 6.07 Å². The fourth-order valence-corrected chi connectivity index (χ4v) is 2.33. The van der Waals surface area contributed by atoms with Crippen molar-refractivity contribution in [2.24, 2.45) is 0 Å². The maximum atomic E-state index is 12.2. The second-order valence-electron chi connectivity index (χ2n) is 5.18. The Balaban J connectivity index is 1.91. The molecule has 1 heterocycles. The predicted molar refractivity (Wildman–Crippen MR) is 83.0 cm³/mol. The number of para-hydroxylation sites is 1. The van der Waals surface area contributed by atoms with Crippen LogP contribution in [0, 0.1) is 0 Å². The summed E-state index contributed by atoms with van der Waals surface area (Å²) in [5.74, 6) is -1.30. The van der Waals surface area contributed by atoms with Crippen LogP contribution in [0.5, 0.6) is 0 Å². The van der Waals surface area contributed by atoms with Crippen molar-refractivity contribution in [3.63, 3.8) is 0 Å². The van der Waals surface area contributed by atoms with Crippen LogP contribution in [-0.2, 0) is 19.1 Å². The van der Waals surface area contributed by atoms with Crippen molar-refractivity contribution in [1.82, 2.24) is 4.90 Å². The smallest absolute Gasteiger partial charge is 0.409 e. The van der Waals surface area contributed by atoms with Crippen molar-refractivity contribution < 1.29 is 23.9 Å². The van der Waals surface area contributed by atoms with E-state index in [2.05, 4.69) is 5.32 Å². The van der Waals surface area contributed by atoms with Crippen LogP contribution in [0.4, 0.5) is 10.5 Å². The highest BCUT2D eigenvalue weighted by molar-refractivity contribution is 5.99. The molecule has 0 fully saturated rings. The largest absolute Gasteiger partial charge is 0.463 e. The molecule has 1 atom stereocenters. The van der Waals surface area contributed by atoms with Crippen molar-refractivity contribution in [1.29, 1.82) is 0 Å². The molecule has 2 rings (SSSR count). The molecule has 1 N–H and O–H groups in total. The highest BCUT2D eigenvalue weighted by Crippen LogP contribution is 2.32. The molecule has 0 saturated heterocycles. The minimum atomic E-state index is -0.618. The lowest BCUT2D eigenvalue weighted by molar-refractivity contribution is -0.147. The van der Waals surface area contributed by atoms with E-state index in [1.165, 1.54) is 4.90 Å². The summed E-state index contributed by atoms with van der Waals surface area (Å²) < 4.78 is 10.0. The van der Waals surface area contributed by atoms with Gasteiger partial charge in [0.2, 0.25) is 5.91 Å². The van der Waals surface area contributed by atoms with Gasteiger partial charge in [-0.15, -0.1) is 0 Å². The van der Waals surface area contributed by atoms with Gasteiger partial charge in [0.15, 0.2) is 0 Å². The number of esters is 1. The summed E-state index contributed by atoms with van der Waals surface area (Å²) in [5, 5.41) is 2.73. The molecule has 7 nitrogen and oxygen atoms in total. The van der Waals surface area contributed by atoms with Gasteiger partial charge in [-0.1, -0.05) is 18.2 Å². The Bertz CT molecular complexity index is 602. The fraction of sp³-hybridized carbons (Fsp3) is 0.438. The summed E-state index contributed by atoms with van der Waals surface area (Å²) >= 11 is 0. The third-order valence-electron chi connectivity index (χ3n) is 3.53. The number of ether oxygens (including phenoxy) is 2. The number of nitrogens with one attached hydrogen (secondary N) is 1. The molecule has 1 aromatic rings. The van der Waals surface area contributed by atoms with E-state index in [0.717, 1.165) is 5.56 Å². The van der Waals surface area contributed by atoms with Gasteiger partial charge in [0, 0.05) is 19.2 Å². The first-order valence-corrected chi connectivity index (χ1v) is 7.46. The highest BCUT2D eigenvalue weighted by atomic mass is 16.6. The SMILES string of the molecule is CCOC(=O)N(C)CCOC(=O)[C@@H]1CC(=O)Nc2ccccc21. The minimum Gasteiger partial charge on any atom is -0.463 e. The number of benzene rings is 1. The summed E-state index contributed by atoms with van der Waals surface area (Å²) in [5.41, 5.74) is 1.38. The fourth-order valence-electron chi connectivity index (χ4n) is 2.33. The summed E-state index contributed by atoms with van der Waals surface area (Å²) in [6.07, 6.45) is -0.408. The number of fused-ring (bicyclic) bond motifs is 1. The van der Waals surface area contributed by atoms with Gasteiger partial charge in [0.05, 0.1) is 19.1 Å². The van der Waals surface area contributed by atoms with Gasteiger partial charge in [-0.3, -0.25) is 9.59 Å². The first kappa shape index (κ1) is 16.8. The molecule has 0 bridgehead atoms. The van der Waals surface area contributed by atoms with Crippen LogP contribution >= 0.6 is 0 Å². The second kappa shape index (κ2) is 7.62. The topological polar surface area (TPSA) is 84.9 Å². The van der Waals surface area contributed by atoms with Gasteiger partial charge >= 0.3 is 12.1 Å². The summed E-state index contributed by atoms with van der Waals surface area (Å²) in [6, 6.07) is 7.15. The lowest BCUT2D eigenvalue weighted by Gasteiger charge is -2.24. The maximum Gasteiger partial charge on any atom is 0.409 e. The first-order valence-electron chi connectivity index (χ1n) is 7.46. The zero-order chi connectivity index (χ0) is 16.8. The Morgan fingerprint density at radius 1 is 1.30 bits per heavy atom. The van der Waals surface area contributed by atoms with E-state index in [9.17, 15) is 14.4 Å². The van der Waals surface area contributed by atoms with Gasteiger partial charge in [-0.05, 0) is 18.6 Å². The molecular weight excluding hydrogens is 300 g/mol. The van der Waals surface area contributed by atoms with Crippen molar-refractivity contribution in [2.75, 3.05) is 32.1 Å². The van der Waals surface area contributed by atoms with Crippen LogP contribution in [0.1, 0.15) is 24.8 Å². The van der Waals surface area contributed by atoms with Crippen LogP contribution < -0.4 is 5.32 Å². The van der Waals surface area contributed by atoms with E-state index in [1.54, 1.807) is 32.2 Å². The summed E-state index contributed by atoms with van der Waals surface area (Å²) in [4.78, 5) is 36.7. The standard InChI is InChI=1S/C16H20N2O5/c1-3-22-16(21)18(2)8-9-23-15(20)12-10-14(19)17-13-7-5-4-6-11(12)13/h4-7,12H,3,8-10H2,1-2H3,(H,17,19)/t12-/m1/s1. The Morgan fingerprint density at radius 3 is 2.78 bits per heavy atom. The quantitative estimate of drug-likeness (QED) is 0.835. The van der Waals surface area contributed by atoms with Crippen LogP contribution in [0.2, 0.25) is 0 Å². The molecule has 1 aliphatic rings. The van der Waals surface area contributed by atoms with Gasteiger partial charge in [0.25, 0.3) is 0 Å². The minimum absolute atomic E-state index is 0.0500. The average Bonchev–Trinajstić information content (AvgIpc) is 2.53. The van der Waals surface area contributed by atoms with Crippen LogP contribution in [0.3, 0.4) is 0 Å². The van der Waals surface area contributed by atoms with Gasteiger partial charge < -0.3 is 19.7 Å². The monoisotopic (exact) mass is 320 g/mol. The molecule has 124 valence electrons. The molecule has 2 amide bonds. The molecule has 0 aliphatic carbocycles. The van der Waals surface area contributed by atoms with E-state index in [-0.39, 0.29) is 32.1 Å². The van der Waals surface area contributed by atoms with Crippen LogP contribution in [0.25, 0.3) is 0 Å². The predicted octanol–water partition coefficient (Wildman–Crippen LogP) is 1.74. The molecular formula is C16H20N2O5. The van der Waals surface area contributed by atoms with Crippen LogP contribution in [0.15, 0.2) is 24.3 Å². The number of likely N-dealkylation sites (N-methyl/N-ethyl adjacent to an activating group) is 1. The van der Waals surface area contributed by atoms with Crippen molar-refractivity contribution in [3.05, 3.63) is 29.8 Å². The Morgan fingerprint density at radius 2 is 2.04 bits per heavy atom. The number of carbonyl (C=O) groups is 3. The molecule has 0 radical (unpaired) electrons. The van der Waals surface area contributed by atoms with E-state index < -0.39 is 18.0 Å². The Labute approximate surface area is 134 Å². The third kappa shape index (κ3) is 4.21. The maximum absolute atomic E-state index is 12.2. The molecule has 0 unspecified atom stereocenters. The van der Waals surface area contributed by atoms with Crippen molar-refractivity contribution in [3.8, 4) is 0 Å². The normalized spacial score (nSPS) is 16.1. The van der Waals surface area contributed by atoms with E-state index >= 15 is 0 Å². The second-order valence-corrected chi connectivity index (χ2v) is 5.18. The van der Waals surface area contributed by atoms with Crippen molar-refractivity contribution in [2.45, 2.75) is 19.3 Å².